The van der Waals surface area contributed by atoms with Gasteiger partial charge in [0.05, 0.1) is 0 Å². The van der Waals surface area contributed by atoms with Gasteiger partial charge < -0.3 is 10.1 Å². The third kappa shape index (κ3) is 3.71. The highest BCUT2D eigenvalue weighted by molar-refractivity contribution is 5.04. The average molecular weight is 268 g/mol. The molecular formula is C16H32N2O. The predicted octanol–water partition coefficient (Wildman–Crippen LogP) is 2.65. The molecule has 1 aliphatic heterocycles. The first-order chi connectivity index (χ1) is 9.10. The van der Waals surface area contributed by atoms with Crippen LogP contribution in [-0.2, 0) is 4.74 Å². The minimum absolute atomic E-state index is 0.353. The molecule has 0 spiro atoms. The van der Waals surface area contributed by atoms with Gasteiger partial charge >= 0.3 is 0 Å². The van der Waals surface area contributed by atoms with E-state index in [-0.39, 0.29) is 0 Å². The summed E-state index contributed by atoms with van der Waals surface area (Å²) in [5.41, 5.74) is 0.353. The van der Waals surface area contributed by atoms with E-state index in [1.165, 1.54) is 32.2 Å². The normalized spacial score (nSPS) is 34.4. The van der Waals surface area contributed by atoms with Gasteiger partial charge in [0.1, 0.15) is 0 Å². The molecule has 0 aromatic carbocycles. The van der Waals surface area contributed by atoms with Crippen LogP contribution in [-0.4, -0.2) is 49.3 Å². The van der Waals surface area contributed by atoms with E-state index in [0.717, 1.165) is 25.5 Å². The van der Waals surface area contributed by atoms with Crippen LogP contribution in [0.25, 0.3) is 0 Å². The van der Waals surface area contributed by atoms with E-state index in [0.29, 0.717) is 17.6 Å². The molecule has 19 heavy (non-hydrogen) atoms. The van der Waals surface area contributed by atoms with Crippen molar-refractivity contribution in [3.8, 4) is 0 Å². The third-order valence-electron chi connectivity index (χ3n) is 5.13. The molecule has 1 saturated carbocycles. The molecule has 2 rings (SSSR count). The molecule has 0 aromatic rings. The molecule has 2 fully saturated rings. The van der Waals surface area contributed by atoms with Gasteiger partial charge in [-0.25, -0.2) is 0 Å². The van der Waals surface area contributed by atoms with Gasteiger partial charge in [-0.2, -0.15) is 0 Å². The average Bonchev–Trinajstić information content (AvgIpc) is 3.23. The summed E-state index contributed by atoms with van der Waals surface area (Å²) < 4.78 is 5.27. The fourth-order valence-electron chi connectivity index (χ4n) is 3.60. The van der Waals surface area contributed by atoms with Crippen molar-refractivity contribution in [1.29, 1.82) is 0 Å². The summed E-state index contributed by atoms with van der Waals surface area (Å²) in [5.74, 6) is 0.909. The fourth-order valence-corrected chi connectivity index (χ4v) is 3.60. The summed E-state index contributed by atoms with van der Waals surface area (Å²) in [6.07, 6.45) is 6.58. The van der Waals surface area contributed by atoms with Crippen LogP contribution in [0.4, 0.5) is 0 Å². The lowest BCUT2D eigenvalue weighted by atomic mass is 9.88. The first kappa shape index (κ1) is 15.3. The van der Waals surface area contributed by atoms with Gasteiger partial charge in [0.25, 0.3) is 0 Å². The second kappa shape index (κ2) is 6.55. The molecule has 3 heteroatoms. The minimum Gasteiger partial charge on any atom is -0.385 e. The number of hydrogen-bond donors (Lipinski definition) is 1. The summed E-state index contributed by atoms with van der Waals surface area (Å²) in [6.45, 7) is 10.4. The largest absolute Gasteiger partial charge is 0.385 e. The number of methoxy groups -OCH3 is 1. The van der Waals surface area contributed by atoms with E-state index in [4.69, 9.17) is 4.74 Å². The van der Waals surface area contributed by atoms with Crippen molar-refractivity contribution >= 4 is 0 Å². The van der Waals surface area contributed by atoms with E-state index in [1.54, 1.807) is 0 Å². The summed E-state index contributed by atoms with van der Waals surface area (Å²) in [6, 6.07) is 1.35. The lowest BCUT2D eigenvalue weighted by Gasteiger charge is -2.49. The van der Waals surface area contributed by atoms with Crippen LogP contribution in [0.15, 0.2) is 0 Å². The molecule has 2 aliphatic rings. The maximum absolute atomic E-state index is 5.27. The topological polar surface area (TPSA) is 24.5 Å². The monoisotopic (exact) mass is 268 g/mol. The Hall–Kier alpha value is -0.120. The molecule has 1 heterocycles. The van der Waals surface area contributed by atoms with Crippen LogP contribution < -0.4 is 5.32 Å². The molecule has 3 atom stereocenters. The van der Waals surface area contributed by atoms with Crippen molar-refractivity contribution in [2.24, 2.45) is 5.92 Å². The maximum Gasteiger partial charge on any atom is 0.0477 e. The zero-order valence-corrected chi connectivity index (χ0v) is 13.2. The molecule has 0 aromatic heterocycles. The first-order valence-corrected chi connectivity index (χ1v) is 8.10. The van der Waals surface area contributed by atoms with Crippen LogP contribution >= 0.6 is 0 Å². The smallest absolute Gasteiger partial charge is 0.0477 e. The standard InChI is InChI=1S/C16H32N2O/c1-5-6-15-11-17-16(3,14-7-8-14)12-18(15)13(2)9-10-19-4/h13-15,17H,5-12H2,1-4H3. The number of ether oxygens (including phenoxy) is 1. The molecule has 1 N–H and O–H groups in total. The van der Waals surface area contributed by atoms with Gasteiger partial charge in [0, 0.05) is 44.4 Å². The highest BCUT2D eigenvalue weighted by atomic mass is 16.5. The molecule has 0 radical (unpaired) electrons. The summed E-state index contributed by atoms with van der Waals surface area (Å²) in [7, 11) is 1.81. The number of piperazine rings is 1. The Morgan fingerprint density at radius 1 is 1.42 bits per heavy atom. The van der Waals surface area contributed by atoms with Crippen LogP contribution in [0, 0.1) is 5.92 Å². The Morgan fingerprint density at radius 2 is 2.16 bits per heavy atom. The molecule has 0 bridgehead atoms. The number of nitrogens with one attached hydrogen (secondary N) is 1. The van der Waals surface area contributed by atoms with Crippen LogP contribution in [0.3, 0.4) is 0 Å². The van der Waals surface area contributed by atoms with E-state index in [2.05, 4.69) is 31.0 Å². The SMILES string of the molecule is CCCC1CNC(C)(C2CC2)CN1C(C)CCOC. The lowest BCUT2D eigenvalue weighted by Crippen LogP contribution is -2.65. The van der Waals surface area contributed by atoms with Crippen molar-refractivity contribution in [3.05, 3.63) is 0 Å². The number of rotatable bonds is 7. The van der Waals surface area contributed by atoms with Gasteiger partial charge in [0.2, 0.25) is 0 Å². The number of hydrogen-bond acceptors (Lipinski definition) is 3. The van der Waals surface area contributed by atoms with Gasteiger partial charge in [0.15, 0.2) is 0 Å². The molecular weight excluding hydrogens is 236 g/mol. The van der Waals surface area contributed by atoms with E-state index >= 15 is 0 Å². The molecule has 1 saturated heterocycles. The van der Waals surface area contributed by atoms with Gasteiger partial charge in [-0.05, 0) is 45.4 Å². The molecule has 3 unspecified atom stereocenters. The molecule has 1 aliphatic carbocycles. The van der Waals surface area contributed by atoms with E-state index in [9.17, 15) is 0 Å². The Balaban J connectivity index is 1.99. The van der Waals surface area contributed by atoms with Gasteiger partial charge in [-0.3, -0.25) is 4.90 Å². The van der Waals surface area contributed by atoms with Crippen molar-refractivity contribution < 1.29 is 4.74 Å². The second-order valence-corrected chi connectivity index (χ2v) is 6.82. The Kier molecular flexibility index (Phi) is 5.27. The summed E-state index contributed by atoms with van der Waals surface area (Å²) in [5, 5.41) is 3.86. The lowest BCUT2D eigenvalue weighted by molar-refractivity contribution is 0.0282. The van der Waals surface area contributed by atoms with Crippen molar-refractivity contribution in [2.75, 3.05) is 26.8 Å². The predicted molar refractivity (Wildman–Crippen MR) is 80.5 cm³/mol. The van der Waals surface area contributed by atoms with Crippen LogP contribution in [0.1, 0.15) is 52.9 Å². The van der Waals surface area contributed by atoms with E-state index in [1.807, 2.05) is 7.11 Å². The highest BCUT2D eigenvalue weighted by Gasteiger charge is 2.46. The first-order valence-electron chi connectivity index (χ1n) is 8.10. The maximum atomic E-state index is 5.27. The van der Waals surface area contributed by atoms with Crippen LogP contribution in [0.2, 0.25) is 0 Å². The Bertz CT molecular complexity index is 280. The highest BCUT2D eigenvalue weighted by Crippen LogP contribution is 2.42. The molecule has 0 amide bonds. The van der Waals surface area contributed by atoms with E-state index < -0.39 is 0 Å². The number of nitrogens with zero attached hydrogens (tertiary/aromatic N) is 1. The van der Waals surface area contributed by atoms with Crippen molar-refractivity contribution in [1.82, 2.24) is 10.2 Å². The third-order valence-corrected chi connectivity index (χ3v) is 5.13. The zero-order valence-electron chi connectivity index (χ0n) is 13.2. The van der Waals surface area contributed by atoms with Crippen molar-refractivity contribution in [2.45, 2.75) is 70.5 Å². The molecule has 3 nitrogen and oxygen atoms in total. The Labute approximate surface area is 119 Å². The summed E-state index contributed by atoms with van der Waals surface area (Å²) in [4.78, 5) is 2.76. The zero-order chi connectivity index (χ0) is 13.9. The molecule has 112 valence electrons. The fraction of sp³-hybridized carbons (Fsp3) is 1.00. The second-order valence-electron chi connectivity index (χ2n) is 6.82. The summed E-state index contributed by atoms with van der Waals surface area (Å²) >= 11 is 0. The quantitative estimate of drug-likeness (QED) is 0.768. The van der Waals surface area contributed by atoms with Gasteiger partial charge in [-0.1, -0.05) is 13.3 Å². The van der Waals surface area contributed by atoms with Crippen molar-refractivity contribution in [3.63, 3.8) is 0 Å². The van der Waals surface area contributed by atoms with Crippen LogP contribution in [0.5, 0.6) is 0 Å². The van der Waals surface area contributed by atoms with Gasteiger partial charge in [-0.15, -0.1) is 0 Å². The Morgan fingerprint density at radius 3 is 2.74 bits per heavy atom. The minimum atomic E-state index is 0.353.